The zero-order valence-corrected chi connectivity index (χ0v) is 13.6. The van der Waals surface area contributed by atoms with Crippen LogP contribution in [-0.4, -0.2) is 70.5 Å². The fourth-order valence-corrected chi connectivity index (χ4v) is 3.21. The first-order valence-corrected chi connectivity index (χ1v) is 7.62. The van der Waals surface area contributed by atoms with Crippen LogP contribution in [0.3, 0.4) is 0 Å². The third-order valence-corrected chi connectivity index (χ3v) is 4.45. The number of fused-ring (bicyclic) bond motifs is 1. The molecule has 9 heteroatoms. The smallest absolute Gasteiger partial charge is 0.347 e. The number of nitrogens with one attached hydrogen (secondary N) is 1. The molecule has 2 fully saturated rings. The lowest BCUT2D eigenvalue weighted by Gasteiger charge is -2.43. The van der Waals surface area contributed by atoms with Crippen molar-refractivity contribution < 1.29 is 29.0 Å². The Hall–Kier alpha value is -3.10. The van der Waals surface area contributed by atoms with Crippen LogP contribution in [0.5, 0.6) is 5.75 Å². The van der Waals surface area contributed by atoms with Gasteiger partial charge in [0.05, 0.1) is 13.2 Å². The molecule has 9 nitrogen and oxygen atoms in total. The summed E-state index contributed by atoms with van der Waals surface area (Å²) in [5.41, 5.74) is 0.321. The minimum atomic E-state index is -1.32. The molecule has 25 heavy (non-hydrogen) atoms. The summed E-state index contributed by atoms with van der Waals surface area (Å²) in [7, 11) is 1.48. The minimum absolute atomic E-state index is 0.0705. The van der Waals surface area contributed by atoms with Gasteiger partial charge in [-0.05, 0) is 18.2 Å². The number of aliphatic carboxylic acids is 1. The first kappa shape index (κ1) is 16.7. The van der Waals surface area contributed by atoms with E-state index in [1.165, 1.54) is 20.1 Å². The van der Waals surface area contributed by atoms with Crippen molar-refractivity contribution in [1.29, 1.82) is 0 Å². The number of carboxylic acid groups (broad SMARTS) is 1. The Kier molecular flexibility index (Phi) is 4.07. The Morgan fingerprint density at radius 2 is 2.04 bits per heavy atom. The van der Waals surface area contributed by atoms with E-state index in [4.69, 9.17) is 4.74 Å². The number of hydrogen-bond donors (Lipinski definition) is 2. The third kappa shape index (κ3) is 2.67. The number of ether oxygens (including phenoxy) is 1. The molecule has 2 aliphatic heterocycles. The first-order valence-electron chi connectivity index (χ1n) is 7.62. The van der Waals surface area contributed by atoms with Crippen LogP contribution in [0.15, 0.2) is 24.3 Å². The molecule has 2 saturated heterocycles. The van der Waals surface area contributed by atoms with Crippen LogP contribution in [0, 0.1) is 0 Å². The fraction of sp³-hybridized carbons (Fsp3) is 0.375. The second-order valence-corrected chi connectivity index (χ2v) is 5.88. The molecule has 0 radical (unpaired) electrons. The van der Waals surface area contributed by atoms with E-state index in [0.717, 1.165) is 9.80 Å². The number of nitrogens with zero attached hydrogens (tertiary/aromatic N) is 2. The highest BCUT2D eigenvalue weighted by atomic mass is 16.5. The van der Waals surface area contributed by atoms with Crippen molar-refractivity contribution in [2.45, 2.75) is 25.2 Å². The van der Waals surface area contributed by atoms with E-state index < -0.39 is 41.9 Å². The van der Waals surface area contributed by atoms with Gasteiger partial charge in [0.2, 0.25) is 18.0 Å². The molecular formula is C16H17N3O6. The van der Waals surface area contributed by atoms with Gasteiger partial charge in [-0.2, -0.15) is 0 Å². The molecule has 0 spiro atoms. The number of carbonyl (C=O) groups is 4. The molecule has 0 bridgehead atoms. The van der Waals surface area contributed by atoms with Gasteiger partial charge in [0.1, 0.15) is 11.8 Å². The first-order chi connectivity index (χ1) is 11.8. The molecule has 1 aromatic rings. The Bertz CT molecular complexity index is 764. The van der Waals surface area contributed by atoms with E-state index in [0.29, 0.717) is 11.3 Å². The van der Waals surface area contributed by atoms with Gasteiger partial charge in [-0.15, -0.1) is 0 Å². The molecular weight excluding hydrogens is 330 g/mol. The predicted molar refractivity (Wildman–Crippen MR) is 83.7 cm³/mol. The van der Waals surface area contributed by atoms with Crippen LogP contribution in [0.4, 0.5) is 0 Å². The molecule has 2 N–H and O–H groups in total. The van der Waals surface area contributed by atoms with Crippen molar-refractivity contribution in [2.75, 3.05) is 13.7 Å². The summed E-state index contributed by atoms with van der Waals surface area (Å²) in [5.74, 6) is -2.19. The number of amides is 3. The number of hydrogen-bond acceptors (Lipinski definition) is 5. The van der Waals surface area contributed by atoms with Crippen LogP contribution >= 0.6 is 0 Å². The van der Waals surface area contributed by atoms with Crippen molar-refractivity contribution in [2.24, 2.45) is 0 Å². The molecule has 2 aliphatic rings. The zero-order chi connectivity index (χ0) is 18.3. The lowest BCUT2D eigenvalue weighted by atomic mass is 9.96. The molecule has 132 valence electrons. The quantitative estimate of drug-likeness (QED) is 0.694. The van der Waals surface area contributed by atoms with Crippen LogP contribution in [0.1, 0.15) is 17.3 Å². The second kappa shape index (κ2) is 6.08. The van der Waals surface area contributed by atoms with Crippen molar-refractivity contribution >= 4 is 23.7 Å². The van der Waals surface area contributed by atoms with Gasteiger partial charge >= 0.3 is 5.97 Å². The van der Waals surface area contributed by atoms with Gasteiger partial charge in [-0.1, -0.05) is 6.07 Å². The lowest BCUT2D eigenvalue weighted by Crippen LogP contribution is -2.71. The standard InChI is InChI=1S/C16H17N3O6/c1-8(20)18-7-11-12(15(22)19(11)14(18)16(23)24)17-13(21)9-4-3-5-10(6-9)25-2/h3-6,11-12,14H,7H2,1-2H3,(H,17,21)(H,23,24). The summed E-state index contributed by atoms with van der Waals surface area (Å²) in [6, 6.07) is 5.04. The average molecular weight is 347 g/mol. The summed E-state index contributed by atoms with van der Waals surface area (Å²) in [5, 5.41) is 11.9. The number of benzene rings is 1. The number of rotatable bonds is 4. The normalized spacial score (nSPS) is 24.4. The van der Waals surface area contributed by atoms with Crippen molar-refractivity contribution in [3.8, 4) is 5.75 Å². The highest BCUT2D eigenvalue weighted by molar-refractivity contribution is 6.02. The van der Waals surface area contributed by atoms with Crippen LogP contribution in [-0.2, 0) is 14.4 Å². The Morgan fingerprint density at radius 1 is 1.32 bits per heavy atom. The summed E-state index contributed by atoms with van der Waals surface area (Å²) in [6.07, 6.45) is -1.32. The van der Waals surface area contributed by atoms with E-state index >= 15 is 0 Å². The largest absolute Gasteiger partial charge is 0.497 e. The highest BCUT2D eigenvalue weighted by Crippen LogP contribution is 2.33. The summed E-state index contributed by atoms with van der Waals surface area (Å²) >= 11 is 0. The number of carboxylic acids is 1. The van der Waals surface area contributed by atoms with Crippen LogP contribution in [0.2, 0.25) is 0 Å². The van der Waals surface area contributed by atoms with Gasteiger partial charge < -0.3 is 25.0 Å². The molecule has 3 rings (SSSR count). The summed E-state index contributed by atoms with van der Waals surface area (Å²) < 4.78 is 5.06. The molecule has 0 aliphatic carbocycles. The maximum Gasteiger partial charge on any atom is 0.347 e. The molecule has 3 atom stereocenters. The maximum absolute atomic E-state index is 12.3. The fourth-order valence-electron chi connectivity index (χ4n) is 3.21. The highest BCUT2D eigenvalue weighted by Gasteiger charge is 2.60. The third-order valence-electron chi connectivity index (χ3n) is 4.45. The maximum atomic E-state index is 12.3. The Labute approximate surface area is 143 Å². The van der Waals surface area contributed by atoms with E-state index in [-0.39, 0.29) is 6.54 Å². The second-order valence-electron chi connectivity index (χ2n) is 5.88. The molecule has 3 amide bonds. The van der Waals surface area contributed by atoms with Crippen molar-refractivity contribution in [3.05, 3.63) is 29.8 Å². The SMILES string of the molecule is COc1cccc(C(=O)NC2C(=O)N3C2CN(C(C)=O)C3C(=O)O)c1. The van der Waals surface area contributed by atoms with E-state index in [9.17, 15) is 24.3 Å². The molecule has 3 unspecified atom stereocenters. The van der Waals surface area contributed by atoms with Crippen LogP contribution in [0.25, 0.3) is 0 Å². The average Bonchev–Trinajstić information content (AvgIpc) is 2.96. The van der Waals surface area contributed by atoms with E-state index in [1.807, 2.05) is 0 Å². The molecule has 0 aromatic heterocycles. The van der Waals surface area contributed by atoms with Crippen molar-refractivity contribution in [1.82, 2.24) is 15.1 Å². The number of carbonyl (C=O) groups excluding carboxylic acids is 3. The van der Waals surface area contributed by atoms with Crippen LogP contribution < -0.4 is 10.1 Å². The van der Waals surface area contributed by atoms with Gasteiger partial charge in [0.15, 0.2) is 0 Å². The molecule has 1 aromatic carbocycles. The lowest BCUT2D eigenvalue weighted by molar-refractivity contribution is -0.164. The minimum Gasteiger partial charge on any atom is -0.497 e. The van der Waals surface area contributed by atoms with Gasteiger partial charge in [-0.25, -0.2) is 4.79 Å². The van der Waals surface area contributed by atoms with Gasteiger partial charge in [0.25, 0.3) is 5.91 Å². The summed E-state index contributed by atoms with van der Waals surface area (Å²) in [4.78, 5) is 49.9. The Balaban J connectivity index is 1.75. The predicted octanol–water partition coefficient (Wildman–Crippen LogP) is -0.723. The van der Waals surface area contributed by atoms with E-state index in [2.05, 4.69) is 5.32 Å². The monoisotopic (exact) mass is 347 g/mol. The zero-order valence-electron chi connectivity index (χ0n) is 13.6. The topological polar surface area (TPSA) is 116 Å². The molecule has 2 heterocycles. The Morgan fingerprint density at radius 3 is 2.64 bits per heavy atom. The van der Waals surface area contributed by atoms with Crippen molar-refractivity contribution in [3.63, 3.8) is 0 Å². The number of β-lactam (4-membered cyclic amide) rings is 1. The molecule has 0 saturated carbocycles. The van der Waals surface area contributed by atoms with E-state index in [1.54, 1.807) is 18.2 Å². The summed E-state index contributed by atoms with van der Waals surface area (Å²) in [6.45, 7) is 1.32. The number of methoxy groups -OCH3 is 1. The van der Waals surface area contributed by atoms with Gasteiger partial charge in [-0.3, -0.25) is 14.4 Å². The van der Waals surface area contributed by atoms with Gasteiger partial charge in [0, 0.05) is 19.0 Å².